The second kappa shape index (κ2) is 8.39. The fraction of sp³-hybridized carbons (Fsp3) is 0.167. The van der Waals surface area contributed by atoms with Crippen LogP contribution in [0.4, 0.5) is 4.39 Å². The summed E-state index contributed by atoms with van der Waals surface area (Å²) in [5.41, 5.74) is 5.52. The van der Waals surface area contributed by atoms with Crippen molar-refractivity contribution in [2.45, 2.75) is 12.8 Å². The summed E-state index contributed by atoms with van der Waals surface area (Å²) < 4.78 is 19.0. The Morgan fingerprint density at radius 1 is 1.04 bits per heavy atom. The van der Waals surface area contributed by atoms with Gasteiger partial charge < -0.3 is 4.74 Å². The van der Waals surface area contributed by atoms with Crippen molar-refractivity contribution in [3.8, 4) is 5.75 Å². The van der Waals surface area contributed by atoms with Gasteiger partial charge in [0.2, 0.25) is 5.91 Å². The SMILES string of the molecule is O=C(CCc1nc2ccccc2s1)NNC(=O)COc1ccc(F)cc1. The molecular weight excluding hydrogens is 357 g/mol. The Kier molecular flexibility index (Phi) is 5.75. The minimum atomic E-state index is -0.511. The molecule has 0 aliphatic heterocycles. The lowest BCUT2D eigenvalue weighted by molar-refractivity contribution is -0.130. The normalized spacial score (nSPS) is 10.5. The molecular formula is C18H16FN3O3S. The third kappa shape index (κ3) is 5.00. The lowest BCUT2D eigenvalue weighted by Gasteiger charge is -2.08. The Hall–Kier alpha value is -3.00. The monoisotopic (exact) mass is 373 g/mol. The number of nitrogens with one attached hydrogen (secondary N) is 2. The van der Waals surface area contributed by atoms with Crippen LogP contribution >= 0.6 is 11.3 Å². The highest BCUT2D eigenvalue weighted by molar-refractivity contribution is 7.18. The smallest absolute Gasteiger partial charge is 0.276 e. The van der Waals surface area contributed by atoms with Gasteiger partial charge in [-0.1, -0.05) is 12.1 Å². The molecule has 0 unspecified atom stereocenters. The number of carbonyl (C=O) groups excluding carboxylic acids is 2. The number of nitrogens with zero attached hydrogens (tertiary/aromatic N) is 1. The molecule has 0 spiro atoms. The molecule has 134 valence electrons. The summed E-state index contributed by atoms with van der Waals surface area (Å²) in [7, 11) is 0. The first-order valence-corrected chi connectivity index (χ1v) is 8.72. The number of ether oxygens (including phenoxy) is 1. The number of aromatic nitrogens is 1. The lowest BCUT2D eigenvalue weighted by Crippen LogP contribution is -2.43. The number of aryl methyl sites for hydroxylation is 1. The highest BCUT2D eigenvalue weighted by atomic mass is 32.1. The molecule has 0 radical (unpaired) electrons. The maximum absolute atomic E-state index is 12.8. The molecule has 6 nitrogen and oxygen atoms in total. The zero-order valence-electron chi connectivity index (χ0n) is 13.7. The molecule has 0 aliphatic carbocycles. The summed E-state index contributed by atoms with van der Waals surface area (Å²) in [6.45, 7) is -0.288. The summed E-state index contributed by atoms with van der Waals surface area (Å²) in [6, 6.07) is 13.1. The van der Waals surface area contributed by atoms with E-state index < -0.39 is 5.91 Å². The second-order valence-electron chi connectivity index (χ2n) is 5.41. The molecule has 0 aliphatic rings. The lowest BCUT2D eigenvalue weighted by atomic mass is 10.3. The molecule has 2 amide bonds. The molecule has 1 aromatic heterocycles. The number of para-hydroxylation sites is 1. The van der Waals surface area contributed by atoms with Gasteiger partial charge in [-0.15, -0.1) is 11.3 Å². The third-order valence-corrected chi connectivity index (χ3v) is 4.53. The molecule has 0 bridgehead atoms. The van der Waals surface area contributed by atoms with Gasteiger partial charge in [0.05, 0.1) is 15.2 Å². The van der Waals surface area contributed by atoms with Crippen LogP contribution in [0.1, 0.15) is 11.4 Å². The zero-order chi connectivity index (χ0) is 18.4. The number of fused-ring (bicyclic) bond motifs is 1. The number of rotatable bonds is 6. The van der Waals surface area contributed by atoms with Gasteiger partial charge in [-0.2, -0.15) is 0 Å². The van der Waals surface area contributed by atoms with E-state index in [1.54, 1.807) is 11.3 Å². The minimum absolute atomic E-state index is 0.207. The highest BCUT2D eigenvalue weighted by Gasteiger charge is 2.08. The summed E-state index contributed by atoms with van der Waals surface area (Å²) in [5.74, 6) is -0.854. The van der Waals surface area contributed by atoms with E-state index in [1.807, 2.05) is 24.3 Å². The van der Waals surface area contributed by atoms with E-state index in [9.17, 15) is 14.0 Å². The van der Waals surface area contributed by atoms with Crippen LogP contribution in [0.3, 0.4) is 0 Å². The number of amides is 2. The van der Waals surface area contributed by atoms with Gasteiger partial charge in [-0.3, -0.25) is 20.4 Å². The number of hydrazine groups is 1. The maximum Gasteiger partial charge on any atom is 0.276 e. The van der Waals surface area contributed by atoms with E-state index in [0.717, 1.165) is 15.2 Å². The molecule has 26 heavy (non-hydrogen) atoms. The van der Waals surface area contributed by atoms with Gasteiger partial charge in [0.25, 0.3) is 5.91 Å². The van der Waals surface area contributed by atoms with Crippen molar-refractivity contribution in [2.75, 3.05) is 6.61 Å². The molecule has 2 N–H and O–H groups in total. The first kappa shape index (κ1) is 17.8. The van der Waals surface area contributed by atoms with Crippen molar-refractivity contribution >= 4 is 33.4 Å². The summed E-state index contributed by atoms with van der Waals surface area (Å²) in [6.07, 6.45) is 0.700. The van der Waals surface area contributed by atoms with Crippen LogP contribution in [0, 0.1) is 5.82 Å². The van der Waals surface area contributed by atoms with Gasteiger partial charge in [-0.25, -0.2) is 9.37 Å². The highest BCUT2D eigenvalue weighted by Crippen LogP contribution is 2.22. The molecule has 1 heterocycles. The van der Waals surface area contributed by atoms with E-state index in [0.29, 0.717) is 12.2 Å². The van der Waals surface area contributed by atoms with Crippen molar-refractivity contribution in [1.29, 1.82) is 0 Å². The van der Waals surface area contributed by atoms with Crippen molar-refractivity contribution in [1.82, 2.24) is 15.8 Å². The van der Waals surface area contributed by atoms with Crippen LogP contribution in [0.25, 0.3) is 10.2 Å². The number of hydrogen-bond acceptors (Lipinski definition) is 5. The molecule has 0 fully saturated rings. The molecule has 3 rings (SSSR count). The number of benzene rings is 2. The van der Waals surface area contributed by atoms with Gasteiger partial charge in [0.1, 0.15) is 11.6 Å². The van der Waals surface area contributed by atoms with Gasteiger partial charge in [0, 0.05) is 12.8 Å². The van der Waals surface area contributed by atoms with E-state index in [2.05, 4.69) is 15.8 Å². The van der Waals surface area contributed by atoms with Crippen LogP contribution in [-0.2, 0) is 16.0 Å². The minimum Gasteiger partial charge on any atom is -0.484 e. The third-order valence-electron chi connectivity index (χ3n) is 3.43. The van der Waals surface area contributed by atoms with Crippen LogP contribution in [0.5, 0.6) is 5.75 Å². The number of hydrogen-bond donors (Lipinski definition) is 2. The van der Waals surface area contributed by atoms with E-state index in [-0.39, 0.29) is 24.8 Å². The molecule has 0 saturated heterocycles. The van der Waals surface area contributed by atoms with E-state index >= 15 is 0 Å². The molecule has 2 aromatic carbocycles. The van der Waals surface area contributed by atoms with Crippen LogP contribution in [0.2, 0.25) is 0 Å². The standard InChI is InChI=1S/C18H16FN3O3S/c19-12-5-7-13(8-6-12)25-11-17(24)22-21-16(23)9-10-18-20-14-3-1-2-4-15(14)26-18/h1-8H,9-11H2,(H,21,23)(H,22,24). The maximum atomic E-state index is 12.8. The van der Waals surface area contributed by atoms with Crippen LogP contribution in [-0.4, -0.2) is 23.4 Å². The number of carbonyl (C=O) groups is 2. The van der Waals surface area contributed by atoms with Gasteiger partial charge in [-0.05, 0) is 36.4 Å². The summed E-state index contributed by atoms with van der Waals surface area (Å²) in [5, 5.41) is 0.868. The van der Waals surface area contributed by atoms with E-state index in [4.69, 9.17) is 4.74 Å². The van der Waals surface area contributed by atoms with Gasteiger partial charge in [0.15, 0.2) is 6.61 Å². The molecule has 3 aromatic rings. The van der Waals surface area contributed by atoms with Gasteiger partial charge >= 0.3 is 0 Å². The first-order chi connectivity index (χ1) is 12.6. The zero-order valence-corrected chi connectivity index (χ0v) is 14.5. The van der Waals surface area contributed by atoms with Crippen LogP contribution in [0.15, 0.2) is 48.5 Å². The predicted octanol–water partition coefficient (Wildman–Crippen LogP) is 2.59. The number of halogens is 1. The van der Waals surface area contributed by atoms with Crippen LogP contribution < -0.4 is 15.6 Å². The Morgan fingerprint density at radius 2 is 1.77 bits per heavy atom. The topological polar surface area (TPSA) is 80.3 Å². The fourth-order valence-electron chi connectivity index (χ4n) is 2.17. The Bertz CT molecular complexity index is 878. The van der Waals surface area contributed by atoms with Crippen molar-refractivity contribution in [3.63, 3.8) is 0 Å². The van der Waals surface area contributed by atoms with Crippen molar-refractivity contribution in [3.05, 3.63) is 59.4 Å². The molecule has 0 saturated carbocycles. The fourth-order valence-corrected chi connectivity index (χ4v) is 3.13. The average Bonchev–Trinajstić information content (AvgIpc) is 3.07. The Balaban J connectivity index is 1.37. The first-order valence-electron chi connectivity index (χ1n) is 7.90. The molecule has 8 heteroatoms. The van der Waals surface area contributed by atoms with Crippen molar-refractivity contribution < 1.29 is 18.7 Å². The van der Waals surface area contributed by atoms with Crippen molar-refractivity contribution in [2.24, 2.45) is 0 Å². The summed E-state index contributed by atoms with van der Waals surface area (Å²) in [4.78, 5) is 27.9. The quantitative estimate of drug-likeness (QED) is 0.651. The predicted molar refractivity (Wildman–Crippen MR) is 96.1 cm³/mol. The van der Waals surface area contributed by atoms with E-state index in [1.165, 1.54) is 24.3 Å². The largest absolute Gasteiger partial charge is 0.484 e. The summed E-state index contributed by atoms with van der Waals surface area (Å²) >= 11 is 1.55. The molecule has 0 atom stereocenters. The Labute approximate surface area is 153 Å². The number of thiazole rings is 1. The average molecular weight is 373 g/mol. The second-order valence-corrected chi connectivity index (χ2v) is 6.53. The Morgan fingerprint density at radius 3 is 2.54 bits per heavy atom.